The van der Waals surface area contributed by atoms with E-state index in [9.17, 15) is 12.8 Å². The highest BCUT2D eigenvalue weighted by Gasteiger charge is 2.25. The van der Waals surface area contributed by atoms with E-state index in [-0.39, 0.29) is 11.1 Å². The summed E-state index contributed by atoms with van der Waals surface area (Å²) in [4.78, 5) is 2.29. The quantitative estimate of drug-likeness (QED) is 0.890. The van der Waals surface area contributed by atoms with Gasteiger partial charge in [-0.25, -0.2) is 17.5 Å². The van der Waals surface area contributed by atoms with Crippen molar-refractivity contribution in [2.24, 2.45) is 5.92 Å². The van der Waals surface area contributed by atoms with Gasteiger partial charge in [-0.15, -0.1) is 0 Å². The van der Waals surface area contributed by atoms with Gasteiger partial charge in [0.05, 0.1) is 11.3 Å². The lowest BCUT2D eigenvalue weighted by Crippen LogP contribution is -2.41. The van der Waals surface area contributed by atoms with Gasteiger partial charge >= 0.3 is 0 Å². The van der Waals surface area contributed by atoms with Gasteiger partial charge in [0.15, 0.2) is 0 Å². The van der Waals surface area contributed by atoms with Crippen LogP contribution in [0, 0.1) is 11.7 Å². The Bertz CT molecular complexity index is 624. The highest BCUT2D eigenvalue weighted by Crippen LogP contribution is 2.28. The Hall–Kier alpha value is -0.690. The minimum Gasteiger partial charge on any atom is -0.296 e. The van der Waals surface area contributed by atoms with Crippen LogP contribution in [0.15, 0.2) is 18.2 Å². The van der Waals surface area contributed by atoms with Gasteiger partial charge in [0, 0.05) is 19.1 Å². The van der Waals surface area contributed by atoms with Gasteiger partial charge in [-0.3, -0.25) is 4.90 Å². The molecule has 1 heterocycles. The molecule has 2 rings (SSSR count). The lowest BCUT2D eigenvalue weighted by atomic mass is 9.95. The third kappa shape index (κ3) is 4.91. The number of halogens is 2. The molecular formula is C15H22ClFN2O2S. The zero-order valence-electron chi connectivity index (χ0n) is 12.9. The van der Waals surface area contributed by atoms with Crippen LogP contribution in [0.5, 0.6) is 0 Å². The number of piperidine rings is 1. The van der Waals surface area contributed by atoms with E-state index in [4.69, 9.17) is 11.6 Å². The first-order valence-corrected chi connectivity index (χ1v) is 9.67. The highest BCUT2D eigenvalue weighted by molar-refractivity contribution is 7.88. The average molecular weight is 349 g/mol. The first-order chi connectivity index (χ1) is 10.3. The second-order valence-electron chi connectivity index (χ2n) is 5.97. The van der Waals surface area contributed by atoms with Crippen LogP contribution in [0.4, 0.5) is 4.39 Å². The van der Waals surface area contributed by atoms with Crippen molar-refractivity contribution in [3.8, 4) is 0 Å². The van der Waals surface area contributed by atoms with Crippen LogP contribution in [0.2, 0.25) is 5.02 Å². The Morgan fingerprint density at radius 3 is 2.86 bits per heavy atom. The average Bonchev–Trinajstić information content (AvgIpc) is 2.47. The van der Waals surface area contributed by atoms with E-state index in [1.165, 1.54) is 12.3 Å². The molecule has 1 aliphatic heterocycles. The lowest BCUT2D eigenvalue weighted by Gasteiger charge is -2.37. The van der Waals surface area contributed by atoms with Crippen molar-refractivity contribution in [2.45, 2.75) is 25.8 Å². The van der Waals surface area contributed by atoms with Crippen molar-refractivity contribution in [3.05, 3.63) is 34.6 Å². The Kier molecular flexibility index (Phi) is 5.82. The van der Waals surface area contributed by atoms with Crippen LogP contribution in [0.1, 0.15) is 31.4 Å². The molecular weight excluding hydrogens is 327 g/mol. The molecule has 0 amide bonds. The van der Waals surface area contributed by atoms with E-state index in [0.29, 0.717) is 12.5 Å². The van der Waals surface area contributed by atoms with Crippen LogP contribution in [0.3, 0.4) is 0 Å². The Morgan fingerprint density at radius 2 is 2.23 bits per heavy atom. The highest BCUT2D eigenvalue weighted by atomic mass is 35.5. The zero-order valence-corrected chi connectivity index (χ0v) is 14.4. The summed E-state index contributed by atoms with van der Waals surface area (Å²) in [6.45, 7) is 4.30. The van der Waals surface area contributed by atoms with Gasteiger partial charge in [0.1, 0.15) is 5.82 Å². The van der Waals surface area contributed by atoms with E-state index in [2.05, 4.69) is 16.5 Å². The number of rotatable bonds is 5. The molecule has 1 aliphatic rings. The first kappa shape index (κ1) is 17.7. The third-order valence-electron chi connectivity index (χ3n) is 4.16. The SMILES string of the molecule is C[C@@H](c1ccc(F)c(Cl)c1)N1CCC[C@@H](CNS(C)(=O)=O)C1. The van der Waals surface area contributed by atoms with E-state index < -0.39 is 15.8 Å². The molecule has 0 aliphatic carbocycles. The van der Waals surface area contributed by atoms with Crippen molar-refractivity contribution in [1.82, 2.24) is 9.62 Å². The smallest absolute Gasteiger partial charge is 0.208 e. The number of hydrogen-bond donors (Lipinski definition) is 1. The monoisotopic (exact) mass is 348 g/mol. The third-order valence-corrected chi connectivity index (χ3v) is 5.14. The molecule has 124 valence electrons. The Balaban J connectivity index is 2.00. The molecule has 0 aromatic heterocycles. The molecule has 1 aromatic carbocycles. The summed E-state index contributed by atoms with van der Waals surface area (Å²) in [5.41, 5.74) is 0.975. The van der Waals surface area contributed by atoms with E-state index >= 15 is 0 Å². The molecule has 1 fully saturated rings. The number of likely N-dealkylation sites (tertiary alicyclic amines) is 1. The molecule has 0 spiro atoms. The standard InChI is InChI=1S/C15H22ClFN2O2S/c1-11(13-5-6-15(17)14(16)8-13)19-7-3-4-12(10-19)9-18-22(2,20)21/h5-6,8,11-12,18H,3-4,7,9-10H2,1-2H3/t11-,12-/m0/s1. The molecule has 2 atom stereocenters. The lowest BCUT2D eigenvalue weighted by molar-refractivity contribution is 0.133. The van der Waals surface area contributed by atoms with Gasteiger partial charge in [-0.1, -0.05) is 17.7 Å². The maximum Gasteiger partial charge on any atom is 0.208 e. The van der Waals surface area contributed by atoms with Gasteiger partial charge in [-0.2, -0.15) is 0 Å². The largest absolute Gasteiger partial charge is 0.296 e. The summed E-state index contributed by atoms with van der Waals surface area (Å²) in [6.07, 6.45) is 3.21. The fraction of sp³-hybridized carbons (Fsp3) is 0.600. The molecule has 0 radical (unpaired) electrons. The fourth-order valence-electron chi connectivity index (χ4n) is 2.87. The maximum absolute atomic E-state index is 13.3. The van der Waals surface area contributed by atoms with Crippen LogP contribution in [0.25, 0.3) is 0 Å². The molecule has 22 heavy (non-hydrogen) atoms. The van der Waals surface area contributed by atoms with Crippen molar-refractivity contribution in [2.75, 3.05) is 25.9 Å². The summed E-state index contributed by atoms with van der Waals surface area (Å²) in [6, 6.07) is 4.93. The van der Waals surface area contributed by atoms with Crippen LogP contribution < -0.4 is 4.72 Å². The van der Waals surface area contributed by atoms with Crippen LogP contribution >= 0.6 is 11.6 Å². The molecule has 7 heteroatoms. The molecule has 1 saturated heterocycles. The number of benzene rings is 1. The van der Waals surface area contributed by atoms with Gasteiger partial charge in [0.25, 0.3) is 0 Å². The first-order valence-electron chi connectivity index (χ1n) is 7.40. The topological polar surface area (TPSA) is 49.4 Å². The number of sulfonamides is 1. The summed E-state index contributed by atoms with van der Waals surface area (Å²) >= 11 is 5.86. The predicted octanol–water partition coefficient (Wildman–Crippen LogP) is 2.80. The van der Waals surface area contributed by atoms with Gasteiger partial charge in [0.2, 0.25) is 10.0 Å². The molecule has 1 N–H and O–H groups in total. The van der Waals surface area contributed by atoms with Crippen molar-refractivity contribution < 1.29 is 12.8 Å². The van der Waals surface area contributed by atoms with E-state index in [1.54, 1.807) is 12.1 Å². The second kappa shape index (κ2) is 7.25. The molecule has 0 unspecified atom stereocenters. The van der Waals surface area contributed by atoms with E-state index in [0.717, 1.165) is 31.5 Å². The normalized spacial score (nSPS) is 21.7. The minimum atomic E-state index is -3.15. The van der Waals surface area contributed by atoms with Gasteiger partial charge in [-0.05, 0) is 49.9 Å². The summed E-state index contributed by atoms with van der Waals surface area (Å²) in [5.74, 6) is -0.117. The van der Waals surface area contributed by atoms with Crippen molar-refractivity contribution in [3.63, 3.8) is 0 Å². The summed E-state index contributed by atoms with van der Waals surface area (Å²) in [7, 11) is -3.15. The minimum absolute atomic E-state index is 0.124. The van der Waals surface area contributed by atoms with E-state index in [1.807, 2.05) is 0 Å². The Morgan fingerprint density at radius 1 is 1.50 bits per heavy atom. The molecule has 0 saturated carbocycles. The summed E-state index contributed by atoms with van der Waals surface area (Å²) in [5, 5.41) is 0.136. The zero-order chi connectivity index (χ0) is 16.3. The Labute approximate surface area is 136 Å². The number of nitrogens with one attached hydrogen (secondary N) is 1. The number of nitrogens with zero attached hydrogens (tertiary/aromatic N) is 1. The fourth-order valence-corrected chi connectivity index (χ4v) is 3.60. The molecule has 4 nitrogen and oxygen atoms in total. The van der Waals surface area contributed by atoms with Crippen molar-refractivity contribution >= 4 is 21.6 Å². The van der Waals surface area contributed by atoms with Crippen LogP contribution in [-0.2, 0) is 10.0 Å². The molecule has 1 aromatic rings. The predicted molar refractivity (Wildman–Crippen MR) is 87.0 cm³/mol. The van der Waals surface area contributed by atoms with Gasteiger partial charge < -0.3 is 0 Å². The van der Waals surface area contributed by atoms with Crippen LogP contribution in [-0.4, -0.2) is 39.2 Å². The summed E-state index contributed by atoms with van der Waals surface area (Å²) < 4.78 is 38.3. The second-order valence-corrected chi connectivity index (χ2v) is 8.21. The molecule has 0 bridgehead atoms. The van der Waals surface area contributed by atoms with Crippen molar-refractivity contribution in [1.29, 1.82) is 0 Å². The maximum atomic E-state index is 13.3. The number of hydrogen-bond acceptors (Lipinski definition) is 3.